The average molecular weight is 282 g/mol. The molecule has 0 aromatic heterocycles. The Bertz CT molecular complexity index is 260. The molecule has 2 N–H and O–H groups in total. The maximum Gasteiger partial charge on any atom is 0.0431 e. The fraction of sp³-hybridized carbons (Fsp3) is 1.00. The minimum Gasteiger partial charge on any atom is -0.396 e. The zero-order valence-electron chi connectivity index (χ0n) is 13.4. The number of hydrogen-bond donors (Lipinski definition) is 2. The van der Waals surface area contributed by atoms with Crippen molar-refractivity contribution in [2.75, 3.05) is 33.3 Å². The van der Waals surface area contributed by atoms with Gasteiger partial charge in [-0.05, 0) is 64.0 Å². The molecule has 0 amide bonds. The molecular weight excluding hydrogens is 248 g/mol. The van der Waals surface area contributed by atoms with E-state index in [9.17, 15) is 0 Å². The third kappa shape index (κ3) is 5.71. The number of aliphatic hydroxyl groups is 1. The summed E-state index contributed by atoms with van der Waals surface area (Å²) in [7, 11) is 2.28. The Morgan fingerprint density at radius 1 is 1.10 bits per heavy atom. The van der Waals surface area contributed by atoms with Gasteiger partial charge in [-0.2, -0.15) is 0 Å². The van der Waals surface area contributed by atoms with Gasteiger partial charge in [0.15, 0.2) is 0 Å². The van der Waals surface area contributed by atoms with Gasteiger partial charge in [-0.25, -0.2) is 0 Å². The first-order valence-corrected chi connectivity index (χ1v) is 8.77. The van der Waals surface area contributed by atoms with Crippen LogP contribution in [0.1, 0.15) is 64.2 Å². The van der Waals surface area contributed by atoms with Gasteiger partial charge in [0.25, 0.3) is 0 Å². The van der Waals surface area contributed by atoms with E-state index in [4.69, 9.17) is 5.11 Å². The molecule has 3 nitrogen and oxygen atoms in total. The van der Waals surface area contributed by atoms with Crippen LogP contribution < -0.4 is 5.32 Å². The summed E-state index contributed by atoms with van der Waals surface area (Å²) in [4.78, 5) is 2.54. The van der Waals surface area contributed by atoms with Crippen molar-refractivity contribution in [3.63, 3.8) is 0 Å². The van der Waals surface area contributed by atoms with Crippen LogP contribution in [0.2, 0.25) is 0 Å². The van der Waals surface area contributed by atoms with Gasteiger partial charge in [-0.15, -0.1) is 0 Å². The Morgan fingerprint density at radius 3 is 2.50 bits per heavy atom. The molecule has 0 saturated heterocycles. The van der Waals surface area contributed by atoms with E-state index in [1.165, 1.54) is 71.0 Å². The smallest absolute Gasteiger partial charge is 0.0431 e. The van der Waals surface area contributed by atoms with E-state index >= 15 is 0 Å². The SMILES string of the molecule is CN(CCCCCO)CC1(CNC2CC2)CCCCC1. The van der Waals surface area contributed by atoms with Crippen molar-refractivity contribution in [2.24, 2.45) is 5.41 Å². The molecule has 3 heteroatoms. The summed E-state index contributed by atoms with van der Waals surface area (Å²) in [5.74, 6) is 0. The van der Waals surface area contributed by atoms with Crippen LogP contribution in [0, 0.1) is 5.41 Å². The lowest BCUT2D eigenvalue weighted by atomic mass is 9.73. The van der Waals surface area contributed by atoms with Crippen molar-refractivity contribution >= 4 is 0 Å². The lowest BCUT2D eigenvalue weighted by molar-refractivity contribution is 0.115. The molecule has 0 spiro atoms. The summed E-state index contributed by atoms with van der Waals surface area (Å²) in [6.07, 6.45) is 13.2. The Labute approximate surface area is 125 Å². The highest BCUT2D eigenvalue weighted by atomic mass is 16.2. The molecule has 2 aliphatic carbocycles. The molecule has 118 valence electrons. The number of nitrogens with one attached hydrogen (secondary N) is 1. The number of hydrogen-bond acceptors (Lipinski definition) is 3. The first-order chi connectivity index (χ1) is 9.74. The maximum atomic E-state index is 8.84. The van der Waals surface area contributed by atoms with Gasteiger partial charge in [-0.1, -0.05) is 19.3 Å². The van der Waals surface area contributed by atoms with E-state index in [1.54, 1.807) is 0 Å². The molecule has 0 aromatic rings. The lowest BCUT2D eigenvalue weighted by Gasteiger charge is -2.40. The molecule has 0 aliphatic heterocycles. The van der Waals surface area contributed by atoms with Crippen LogP contribution in [0.3, 0.4) is 0 Å². The highest BCUT2D eigenvalue weighted by molar-refractivity contribution is 4.91. The number of rotatable bonds is 10. The summed E-state index contributed by atoms with van der Waals surface area (Å²) in [6.45, 7) is 4.02. The van der Waals surface area contributed by atoms with E-state index in [2.05, 4.69) is 17.3 Å². The van der Waals surface area contributed by atoms with Crippen LogP contribution in [0.4, 0.5) is 0 Å². The summed E-state index contributed by atoms with van der Waals surface area (Å²) in [5.41, 5.74) is 0.534. The van der Waals surface area contributed by atoms with Gasteiger partial charge < -0.3 is 15.3 Å². The van der Waals surface area contributed by atoms with Gasteiger partial charge in [0.1, 0.15) is 0 Å². The quantitative estimate of drug-likeness (QED) is 0.605. The highest BCUT2D eigenvalue weighted by Gasteiger charge is 2.34. The molecule has 2 rings (SSSR count). The topological polar surface area (TPSA) is 35.5 Å². The Kier molecular flexibility index (Phi) is 6.79. The minimum absolute atomic E-state index is 0.346. The fourth-order valence-corrected chi connectivity index (χ4v) is 3.66. The Balaban J connectivity index is 1.73. The van der Waals surface area contributed by atoms with Crippen LogP contribution in [-0.4, -0.2) is 49.3 Å². The standard InChI is InChI=1S/C17H34N2O/c1-19(12-6-3-7-13-20)15-17(10-4-2-5-11-17)14-18-16-8-9-16/h16,18,20H,2-15H2,1H3. The molecule has 0 atom stereocenters. The summed E-state index contributed by atoms with van der Waals surface area (Å²) < 4.78 is 0. The van der Waals surface area contributed by atoms with Crippen LogP contribution >= 0.6 is 0 Å². The van der Waals surface area contributed by atoms with Crippen molar-refractivity contribution in [1.82, 2.24) is 10.2 Å². The van der Waals surface area contributed by atoms with Crippen molar-refractivity contribution in [2.45, 2.75) is 70.3 Å². The van der Waals surface area contributed by atoms with Gasteiger partial charge >= 0.3 is 0 Å². The Morgan fingerprint density at radius 2 is 1.85 bits per heavy atom. The number of nitrogens with zero attached hydrogens (tertiary/aromatic N) is 1. The zero-order chi connectivity index (χ0) is 14.3. The second kappa shape index (κ2) is 8.35. The van der Waals surface area contributed by atoms with Gasteiger partial charge in [0.2, 0.25) is 0 Å². The fourth-order valence-electron chi connectivity index (χ4n) is 3.66. The normalized spacial score (nSPS) is 22.4. The lowest BCUT2D eigenvalue weighted by Crippen LogP contribution is -2.45. The van der Waals surface area contributed by atoms with E-state index in [0.29, 0.717) is 12.0 Å². The van der Waals surface area contributed by atoms with E-state index < -0.39 is 0 Å². The van der Waals surface area contributed by atoms with Crippen molar-refractivity contribution in [3.8, 4) is 0 Å². The van der Waals surface area contributed by atoms with Gasteiger partial charge in [-0.3, -0.25) is 0 Å². The molecule has 20 heavy (non-hydrogen) atoms. The molecule has 2 aliphatic rings. The number of aliphatic hydroxyl groups excluding tert-OH is 1. The molecule has 0 unspecified atom stereocenters. The van der Waals surface area contributed by atoms with Crippen molar-refractivity contribution in [1.29, 1.82) is 0 Å². The molecule has 0 aromatic carbocycles. The summed E-state index contributed by atoms with van der Waals surface area (Å²) in [6, 6.07) is 0.837. The predicted octanol–water partition coefficient (Wildman–Crippen LogP) is 2.78. The number of unbranched alkanes of at least 4 members (excludes halogenated alkanes) is 2. The zero-order valence-corrected chi connectivity index (χ0v) is 13.4. The third-order valence-electron chi connectivity index (χ3n) is 5.06. The summed E-state index contributed by atoms with van der Waals surface area (Å²) in [5, 5.41) is 12.6. The van der Waals surface area contributed by atoms with Crippen LogP contribution in [0.5, 0.6) is 0 Å². The molecule has 2 fully saturated rings. The van der Waals surface area contributed by atoms with Crippen molar-refractivity contribution < 1.29 is 5.11 Å². The molecule has 0 bridgehead atoms. The van der Waals surface area contributed by atoms with Crippen LogP contribution in [-0.2, 0) is 0 Å². The molecule has 2 saturated carbocycles. The first kappa shape index (κ1) is 16.3. The van der Waals surface area contributed by atoms with Crippen LogP contribution in [0.25, 0.3) is 0 Å². The molecular formula is C17H34N2O. The first-order valence-electron chi connectivity index (χ1n) is 8.77. The van der Waals surface area contributed by atoms with Gasteiger partial charge in [0.05, 0.1) is 0 Å². The third-order valence-corrected chi connectivity index (χ3v) is 5.06. The highest BCUT2D eigenvalue weighted by Crippen LogP contribution is 2.37. The second-order valence-corrected chi connectivity index (χ2v) is 7.24. The molecule has 0 radical (unpaired) electrons. The van der Waals surface area contributed by atoms with E-state index in [1.807, 2.05) is 0 Å². The van der Waals surface area contributed by atoms with Crippen LogP contribution in [0.15, 0.2) is 0 Å². The minimum atomic E-state index is 0.346. The average Bonchev–Trinajstić information content (AvgIpc) is 3.27. The van der Waals surface area contributed by atoms with E-state index in [-0.39, 0.29) is 0 Å². The monoisotopic (exact) mass is 282 g/mol. The maximum absolute atomic E-state index is 8.84. The Hall–Kier alpha value is -0.120. The summed E-state index contributed by atoms with van der Waals surface area (Å²) >= 11 is 0. The van der Waals surface area contributed by atoms with Crippen molar-refractivity contribution in [3.05, 3.63) is 0 Å². The second-order valence-electron chi connectivity index (χ2n) is 7.24. The molecule has 0 heterocycles. The largest absolute Gasteiger partial charge is 0.396 e. The van der Waals surface area contributed by atoms with E-state index in [0.717, 1.165) is 18.9 Å². The van der Waals surface area contributed by atoms with Gasteiger partial charge in [0, 0.05) is 25.7 Å². The predicted molar refractivity (Wildman–Crippen MR) is 85.0 cm³/mol.